The number of fused-ring (bicyclic) bond motifs is 1. The first-order valence-corrected chi connectivity index (χ1v) is 15.9. The highest BCUT2D eigenvalue weighted by molar-refractivity contribution is 6.74. The third kappa shape index (κ3) is 4.57. The molecule has 3 aliphatic heterocycles. The van der Waals surface area contributed by atoms with E-state index in [1.807, 2.05) is 35.2 Å². The third-order valence-corrected chi connectivity index (χ3v) is 12.7. The van der Waals surface area contributed by atoms with Gasteiger partial charge in [-0.1, -0.05) is 80.9 Å². The number of aryl methyl sites for hydroxylation is 1. The summed E-state index contributed by atoms with van der Waals surface area (Å²) in [5, 5.41) is 0.0109. The van der Waals surface area contributed by atoms with Crippen LogP contribution in [-0.2, 0) is 13.9 Å². The lowest BCUT2D eigenvalue weighted by molar-refractivity contribution is 0.0676. The van der Waals surface area contributed by atoms with Gasteiger partial charge in [0.25, 0.3) is 0 Å². The molecular weight excluding hydrogens is 484 g/mol. The number of nitrogens with zero attached hydrogens (tertiary/aromatic N) is 2. The van der Waals surface area contributed by atoms with E-state index in [9.17, 15) is 9.59 Å². The van der Waals surface area contributed by atoms with Gasteiger partial charge in [0.1, 0.15) is 6.61 Å². The molecular formula is C29H36N2O5Si. The third-order valence-electron chi connectivity index (χ3n) is 8.16. The average molecular weight is 521 g/mol. The number of hydrogen-bond acceptors (Lipinski definition) is 5. The Morgan fingerprint density at radius 2 is 1.65 bits per heavy atom. The van der Waals surface area contributed by atoms with Crippen molar-refractivity contribution in [2.24, 2.45) is 0 Å². The van der Waals surface area contributed by atoms with Gasteiger partial charge in [0.05, 0.1) is 24.7 Å². The fourth-order valence-corrected chi connectivity index (χ4v) is 6.52. The lowest BCUT2D eigenvalue weighted by Gasteiger charge is -2.41. The van der Waals surface area contributed by atoms with Gasteiger partial charge < -0.3 is 13.9 Å². The van der Waals surface area contributed by atoms with Crippen LogP contribution < -0.4 is 0 Å². The van der Waals surface area contributed by atoms with Crippen LogP contribution in [0.15, 0.2) is 60.5 Å². The molecule has 196 valence electrons. The molecule has 3 aliphatic rings. The minimum absolute atomic E-state index is 0.0109. The van der Waals surface area contributed by atoms with Crippen LogP contribution in [-0.4, -0.2) is 55.6 Å². The molecule has 0 N–H and O–H groups in total. The molecule has 0 aromatic heterocycles. The number of amides is 2. The van der Waals surface area contributed by atoms with Gasteiger partial charge in [0.15, 0.2) is 8.32 Å². The predicted molar refractivity (Wildman–Crippen MR) is 144 cm³/mol. The van der Waals surface area contributed by atoms with Crippen molar-refractivity contribution in [2.75, 3.05) is 13.2 Å². The maximum absolute atomic E-state index is 13.7. The number of benzene rings is 2. The SMILES string of the molecule is Cc1ccc([C@@H]2[C@@H](O[Si](C)(C)C(C)(C)C)C[C@H]3C(c4ccccc4)=C(N4CCOC4=O)OC(=O)N23)cc1. The van der Waals surface area contributed by atoms with Crippen molar-refractivity contribution in [2.45, 2.75) is 70.4 Å². The highest BCUT2D eigenvalue weighted by Gasteiger charge is 2.54. The summed E-state index contributed by atoms with van der Waals surface area (Å²) in [7, 11) is -2.18. The highest BCUT2D eigenvalue weighted by Crippen LogP contribution is 2.50. The summed E-state index contributed by atoms with van der Waals surface area (Å²) in [6, 6.07) is 17.5. The van der Waals surface area contributed by atoms with Gasteiger partial charge in [0, 0.05) is 5.57 Å². The minimum atomic E-state index is -2.18. The van der Waals surface area contributed by atoms with Gasteiger partial charge in [-0.25, -0.2) is 14.5 Å². The lowest BCUT2D eigenvalue weighted by Crippen LogP contribution is -2.47. The molecule has 2 saturated heterocycles. The minimum Gasteiger partial charge on any atom is -0.447 e. The fourth-order valence-electron chi connectivity index (χ4n) is 5.18. The number of rotatable bonds is 5. The van der Waals surface area contributed by atoms with Crippen molar-refractivity contribution in [3.63, 3.8) is 0 Å². The van der Waals surface area contributed by atoms with Crippen molar-refractivity contribution in [1.29, 1.82) is 0 Å². The second-order valence-electron chi connectivity index (χ2n) is 11.6. The first kappa shape index (κ1) is 25.5. The van der Waals surface area contributed by atoms with E-state index in [2.05, 4.69) is 65.1 Å². The van der Waals surface area contributed by atoms with Gasteiger partial charge in [0.2, 0.25) is 5.88 Å². The van der Waals surface area contributed by atoms with Crippen molar-refractivity contribution < 1.29 is 23.5 Å². The van der Waals surface area contributed by atoms with Crippen LogP contribution in [0.4, 0.5) is 9.59 Å². The Hall–Kier alpha value is -3.10. The Kier molecular flexibility index (Phi) is 6.44. The zero-order chi connectivity index (χ0) is 26.5. The van der Waals surface area contributed by atoms with Crippen molar-refractivity contribution >= 4 is 26.1 Å². The maximum Gasteiger partial charge on any atom is 0.417 e. The van der Waals surface area contributed by atoms with Crippen LogP contribution in [0.1, 0.15) is 49.9 Å². The molecule has 2 aromatic carbocycles. The molecule has 2 amide bonds. The summed E-state index contributed by atoms with van der Waals surface area (Å²) >= 11 is 0. The normalized spacial score (nSPS) is 24.3. The summed E-state index contributed by atoms with van der Waals surface area (Å²) in [6.07, 6.45) is -0.570. The summed E-state index contributed by atoms with van der Waals surface area (Å²) < 4.78 is 18.2. The Morgan fingerprint density at radius 3 is 2.24 bits per heavy atom. The molecule has 37 heavy (non-hydrogen) atoms. The number of ether oxygens (including phenoxy) is 2. The van der Waals surface area contributed by atoms with Crippen molar-refractivity contribution in [1.82, 2.24) is 9.80 Å². The topological polar surface area (TPSA) is 68.3 Å². The van der Waals surface area contributed by atoms with E-state index in [0.717, 1.165) is 22.3 Å². The highest BCUT2D eigenvalue weighted by atomic mass is 28.4. The van der Waals surface area contributed by atoms with Gasteiger partial charge in [-0.2, -0.15) is 0 Å². The summed E-state index contributed by atoms with van der Waals surface area (Å²) in [5.74, 6) is 0.274. The van der Waals surface area contributed by atoms with Gasteiger partial charge in [-0.3, -0.25) is 4.90 Å². The second kappa shape index (κ2) is 9.33. The summed E-state index contributed by atoms with van der Waals surface area (Å²) in [5.41, 5.74) is 3.90. The molecule has 0 saturated carbocycles. The van der Waals surface area contributed by atoms with Crippen LogP contribution in [0, 0.1) is 6.92 Å². The van der Waals surface area contributed by atoms with E-state index in [1.54, 1.807) is 0 Å². The van der Waals surface area contributed by atoms with Crippen molar-refractivity contribution in [3.8, 4) is 0 Å². The largest absolute Gasteiger partial charge is 0.447 e. The van der Waals surface area contributed by atoms with Crippen LogP contribution in [0.25, 0.3) is 5.57 Å². The molecule has 5 rings (SSSR count). The molecule has 7 nitrogen and oxygen atoms in total. The van der Waals surface area contributed by atoms with Crippen LogP contribution >= 0.6 is 0 Å². The predicted octanol–water partition coefficient (Wildman–Crippen LogP) is 6.47. The van der Waals surface area contributed by atoms with E-state index in [0.29, 0.717) is 13.0 Å². The molecule has 3 heterocycles. The Morgan fingerprint density at radius 1 is 0.973 bits per heavy atom. The molecule has 0 spiro atoms. The van der Waals surface area contributed by atoms with E-state index in [1.165, 1.54) is 4.90 Å². The zero-order valence-electron chi connectivity index (χ0n) is 22.5. The molecule has 2 aromatic rings. The smallest absolute Gasteiger partial charge is 0.417 e. The number of carbonyl (C=O) groups excluding carboxylic acids is 2. The van der Waals surface area contributed by atoms with Crippen molar-refractivity contribution in [3.05, 3.63) is 77.2 Å². The molecule has 0 radical (unpaired) electrons. The van der Waals surface area contributed by atoms with E-state index in [-0.39, 0.29) is 35.7 Å². The Balaban J connectivity index is 1.65. The van der Waals surface area contributed by atoms with Crippen LogP contribution in [0.5, 0.6) is 0 Å². The van der Waals surface area contributed by atoms with E-state index in [4.69, 9.17) is 13.9 Å². The summed E-state index contributed by atoms with van der Waals surface area (Å²) in [4.78, 5) is 29.6. The first-order chi connectivity index (χ1) is 17.5. The molecule has 8 heteroatoms. The molecule has 2 fully saturated rings. The van der Waals surface area contributed by atoms with Gasteiger partial charge in [-0.15, -0.1) is 0 Å². The number of carbonyl (C=O) groups is 2. The molecule has 0 bridgehead atoms. The molecule has 0 unspecified atom stereocenters. The standard InChI is InChI=1S/C29H36N2O5Si/c1-19-12-14-21(15-13-19)25-23(36-37(5,6)29(2,3)4)18-22-24(20-10-8-7-9-11-20)26(35-28(33)31(22)25)30-16-17-34-27(30)32/h7-15,22-23,25H,16-18H2,1-6H3/t22-,23-,25+/m0/s1. The van der Waals surface area contributed by atoms with E-state index < -0.39 is 20.5 Å². The zero-order valence-corrected chi connectivity index (χ0v) is 23.5. The fraction of sp³-hybridized carbons (Fsp3) is 0.448. The van der Waals surface area contributed by atoms with Gasteiger partial charge >= 0.3 is 12.2 Å². The maximum atomic E-state index is 13.7. The first-order valence-electron chi connectivity index (χ1n) is 13.0. The Bertz CT molecular complexity index is 1220. The monoisotopic (exact) mass is 520 g/mol. The quantitative estimate of drug-likeness (QED) is 0.423. The summed E-state index contributed by atoms with van der Waals surface area (Å²) in [6.45, 7) is 13.8. The van der Waals surface area contributed by atoms with Crippen LogP contribution in [0.3, 0.4) is 0 Å². The Labute approximate surface area is 220 Å². The molecule has 0 aliphatic carbocycles. The van der Waals surface area contributed by atoms with Crippen LogP contribution in [0.2, 0.25) is 18.1 Å². The molecule has 3 atom stereocenters. The van der Waals surface area contributed by atoms with E-state index >= 15 is 0 Å². The second-order valence-corrected chi connectivity index (χ2v) is 16.4. The lowest BCUT2D eigenvalue weighted by atomic mass is 9.95. The number of cyclic esters (lactones) is 2. The van der Waals surface area contributed by atoms with Gasteiger partial charge in [-0.05, 0) is 42.6 Å². The average Bonchev–Trinajstić information content (AvgIpc) is 3.42. The number of hydrogen-bond donors (Lipinski definition) is 0.